The van der Waals surface area contributed by atoms with Crippen LogP contribution in [0.2, 0.25) is 0 Å². The maximum absolute atomic E-state index is 12.9. The topological polar surface area (TPSA) is 61.9 Å². The normalized spacial score (nSPS) is 20.2. The highest BCUT2D eigenvalue weighted by molar-refractivity contribution is 5.94. The molecule has 0 aromatic heterocycles. The molecule has 1 spiro atoms. The van der Waals surface area contributed by atoms with Gasteiger partial charge in [-0.15, -0.1) is 0 Å². The molecule has 2 heterocycles. The zero-order valence-electron chi connectivity index (χ0n) is 22.6. The zero-order valence-corrected chi connectivity index (χ0v) is 22.6. The number of benzene rings is 3. The Kier molecular flexibility index (Phi) is 7.23. The second kappa shape index (κ2) is 10.9. The van der Waals surface area contributed by atoms with E-state index in [0.29, 0.717) is 51.1 Å². The number of carbonyl (C=O) groups excluding carboxylic acids is 2. The lowest BCUT2D eigenvalue weighted by Gasteiger charge is -2.37. The predicted octanol–water partition coefficient (Wildman–Crippen LogP) is 6.11. The van der Waals surface area contributed by atoms with Gasteiger partial charge in [0, 0.05) is 44.6 Å². The Labute approximate surface area is 237 Å². The Morgan fingerprint density at radius 1 is 0.927 bits per heavy atom. The van der Waals surface area contributed by atoms with Crippen LogP contribution in [0.15, 0.2) is 72.8 Å². The molecule has 0 radical (unpaired) electrons. The van der Waals surface area contributed by atoms with E-state index >= 15 is 0 Å². The smallest absolute Gasteiger partial charge is 0.416 e. The molecule has 3 aliphatic rings. The lowest BCUT2D eigenvalue weighted by atomic mass is 9.91. The van der Waals surface area contributed by atoms with E-state index < -0.39 is 17.3 Å². The summed E-state index contributed by atoms with van der Waals surface area (Å²) in [7, 11) is 0. The van der Waals surface area contributed by atoms with Gasteiger partial charge >= 0.3 is 12.3 Å². The van der Waals surface area contributed by atoms with Crippen molar-refractivity contribution < 1.29 is 27.5 Å². The summed E-state index contributed by atoms with van der Waals surface area (Å²) < 4.78 is 44.4. The minimum Gasteiger partial charge on any atom is -0.441 e. The molecule has 214 valence electrons. The third-order valence-electron chi connectivity index (χ3n) is 8.52. The molecule has 9 heteroatoms. The van der Waals surface area contributed by atoms with Crippen molar-refractivity contribution in [2.75, 3.05) is 19.6 Å². The zero-order chi connectivity index (χ0) is 28.6. The summed E-state index contributed by atoms with van der Waals surface area (Å²) in [6, 6.07) is 20.8. The molecule has 1 aliphatic carbocycles. The van der Waals surface area contributed by atoms with Gasteiger partial charge < -0.3 is 10.1 Å². The molecular formula is C32H32F3N3O3. The first-order chi connectivity index (χ1) is 19.7. The largest absolute Gasteiger partial charge is 0.441 e. The van der Waals surface area contributed by atoms with Gasteiger partial charge in [0.15, 0.2) is 0 Å². The number of hydrogen-bond donors (Lipinski definition) is 1. The van der Waals surface area contributed by atoms with E-state index in [0.717, 1.165) is 36.1 Å². The van der Waals surface area contributed by atoms with Crippen molar-refractivity contribution in [3.8, 4) is 0 Å². The highest BCUT2D eigenvalue weighted by Crippen LogP contribution is 2.35. The van der Waals surface area contributed by atoms with E-state index in [1.54, 1.807) is 17.0 Å². The van der Waals surface area contributed by atoms with Crippen LogP contribution in [0.4, 0.5) is 18.0 Å². The van der Waals surface area contributed by atoms with E-state index in [1.165, 1.54) is 23.3 Å². The summed E-state index contributed by atoms with van der Waals surface area (Å²) in [6.45, 7) is 2.82. The number of hydrogen-bond acceptors (Lipinski definition) is 4. The monoisotopic (exact) mass is 563 g/mol. The number of piperidine rings is 1. The van der Waals surface area contributed by atoms with Crippen LogP contribution in [0.5, 0.6) is 0 Å². The van der Waals surface area contributed by atoms with Crippen LogP contribution in [0.25, 0.3) is 0 Å². The fourth-order valence-electron chi connectivity index (χ4n) is 6.18. The van der Waals surface area contributed by atoms with Crippen molar-refractivity contribution in [2.24, 2.45) is 0 Å². The third kappa shape index (κ3) is 5.95. The number of aryl methyl sites for hydroxylation is 1. The molecule has 0 bridgehead atoms. The van der Waals surface area contributed by atoms with Crippen molar-refractivity contribution in [3.05, 3.63) is 106 Å². The van der Waals surface area contributed by atoms with Crippen molar-refractivity contribution in [1.82, 2.24) is 15.1 Å². The van der Waals surface area contributed by atoms with E-state index in [2.05, 4.69) is 22.3 Å². The van der Waals surface area contributed by atoms with Crippen molar-refractivity contribution >= 4 is 12.0 Å². The van der Waals surface area contributed by atoms with Gasteiger partial charge in [0.25, 0.3) is 5.91 Å². The standard InChI is InChI=1S/C32H32F3N3O3/c33-32(34,35)26-12-7-22(8-13-26)19-37-17-15-31(16-18-37)21-38(30(40)41-31)20-23-5-9-25(10-6-23)29(39)36-28-14-11-24-3-1-2-4-27(24)28/h1-10,12-13,28H,11,14-21H2,(H,36,39). The fourth-order valence-corrected chi connectivity index (χ4v) is 6.18. The molecule has 3 aromatic rings. The van der Waals surface area contributed by atoms with E-state index in [1.807, 2.05) is 24.3 Å². The molecule has 2 fully saturated rings. The number of carbonyl (C=O) groups is 2. The molecular weight excluding hydrogens is 531 g/mol. The Morgan fingerprint density at radius 2 is 1.59 bits per heavy atom. The van der Waals surface area contributed by atoms with Crippen molar-refractivity contribution in [2.45, 2.75) is 56.6 Å². The predicted molar refractivity (Wildman–Crippen MR) is 147 cm³/mol. The van der Waals surface area contributed by atoms with Crippen molar-refractivity contribution in [3.63, 3.8) is 0 Å². The Hall–Kier alpha value is -3.85. The number of nitrogens with one attached hydrogen (secondary N) is 1. The van der Waals surface area contributed by atoms with E-state index in [-0.39, 0.29) is 18.0 Å². The molecule has 6 nitrogen and oxygen atoms in total. The molecule has 1 unspecified atom stereocenters. The maximum atomic E-state index is 12.9. The first-order valence-corrected chi connectivity index (χ1v) is 14.0. The molecule has 6 rings (SSSR count). The minimum atomic E-state index is -4.34. The molecule has 1 atom stereocenters. The Balaban J connectivity index is 0.999. The van der Waals surface area contributed by atoms with Crippen molar-refractivity contribution in [1.29, 1.82) is 0 Å². The van der Waals surface area contributed by atoms with Crippen LogP contribution in [-0.4, -0.2) is 47.0 Å². The summed E-state index contributed by atoms with van der Waals surface area (Å²) in [4.78, 5) is 29.5. The van der Waals surface area contributed by atoms with Gasteiger partial charge in [-0.3, -0.25) is 14.6 Å². The SMILES string of the molecule is O=C(NC1CCc2ccccc21)c1ccc(CN2CC3(CCN(Cc4ccc(C(F)(F)F)cc4)CC3)OC2=O)cc1. The molecule has 1 N–H and O–H groups in total. The summed E-state index contributed by atoms with van der Waals surface area (Å²) in [5.74, 6) is -0.110. The van der Waals surface area contributed by atoms with E-state index in [4.69, 9.17) is 4.74 Å². The molecule has 2 saturated heterocycles. The number of rotatable bonds is 6. The van der Waals surface area contributed by atoms with Gasteiger partial charge in [-0.2, -0.15) is 13.2 Å². The fraction of sp³-hybridized carbons (Fsp3) is 0.375. The number of amides is 2. The number of alkyl halides is 3. The van der Waals surface area contributed by atoms with Crippen LogP contribution in [0, 0.1) is 0 Å². The molecule has 2 aliphatic heterocycles. The van der Waals surface area contributed by atoms with Crippen LogP contribution in [-0.2, 0) is 30.4 Å². The van der Waals surface area contributed by atoms with Gasteiger partial charge in [0.1, 0.15) is 5.60 Å². The summed E-state index contributed by atoms with van der Waals surface area (Å²) >= 11 is 0. The highest BCUT2D eigenvalue weighted by atomic mass is 19.4. The lowest BCUT2D eigenvalue weighted by molar-refractivity contribution is -0.137. The highest BCUT2D eigenvalue weighted by Gasteiger charge is 2.46. The van der Waals surface area contributed by atoms with Crippen LogP contribution < -0.4 is 5.32 Å². The quantitative estimate of drug-likeness (QED) is 0.393. The van der Waals surface area contributed by atoms with E-state index in [9.17, 15) is 22.8 Å². The number of ether oxygens (including phenoxy) is 1. The third-order valence-corrected chi connectivity index (χ3v) is 8.52. The van der Waals surface area contributed by atoms with Gasteiger partial charge in [-0.25, -0.2) is 4.79 Å². The van der Waals surface area contributed by atoms with Gasteiger partial charge in [-0.05, 0) is 59.4 Å². The number of fused-ring (bicyclic) bond motifs is 1. The number of nitrogens with zero attached hydrogens (tertiary/aromatic N) is 2. The second-order valence-electron chi connectivity index (χ2n) is 11.3. The summed E-state index contributed by atoms with van der Waals surface area (Å²) in [6.07, 6.45) is -1.49. The van der Waals surface area contributed by atoms with Gasteiger partial charge in [0.2, 0.25) is 0 Å². The lowest BCUT2D eigenvalue weighted by Crippen LogP contribution is -2.46. The molecule has 2 amide bonds. The van der Waals surface area contributed by atoms with Crippen LogP contribution in [0.3, 0.4) is 0 Å². The molecule has 41 heavy (non-hydrogen) atoms. The Bertz CT molecular complexity index is 1410. The second-order valence-corrected chi connectivity index (χ2v) is 11.3. The van der Waals surface area contributed by atoms with Crippen LogP contribution in [0.1, 0.15) is 63.5 Å². The minimum absolute atomic E-state index is 0.0234. The first-order valence-electron chi connectivity index (χ1n) is 14.0. The first kappa shape index (κ1) is 27.3. The molecule has 3 aromatic carbocycles. The average Bonchev–Trinajstić information content (AvgIpc) is 3.50. The average molecular weight is 564 g/mol. The number of halogens is 3. The molecule has 0 saturated carbocycles. The summed E-state index contributed by atoms with van der Waals surface area (Å²) in [5, 5.41) is 3.14. The maximum Gasteiger partial charge on any atom is 0.416 e. The summed E-state index contributed by atoms with van der Waals surface area (Å²) in [5.41, 5.74) is 3.60. The number of likely N-dealkylation sites (tertiary alicyclic amines) is 1. The Morgan fingerprint density at radius 3 is 2.29 bits per heavy atom. The van der Waals surface area contributed by atoms with Gasteiger partial charge in [0.05, 0.1) is 18.2 Å². The van der Waals surface area contributed by atoms with Gasteiger partial charge in [-0.1, -0.05) is 48.5 Å². The van der Waals surface area contributed by atoms with Crippen LogP contribution >= 0.6 is 0 Å².